The number of H-pyrrole nitrogens is 2. The number of nitrogens with two attached hydrogens (primary N) is 1. The zero-order valence-corrected chi connectivity index (χ0v) is 7.57. The molecule has 0 amide bonds. The van der Waals surface area contributed by atoms with Crippen molar-refractivity contribution < 1.29 is 5.32 Å². The van der Waals surface area contributed by atoms with Gasteiger partial charge in [0.05, 0.1) is 10.9 Å². The molecule has 1 aromatic heterocycles. The molecule has 1 aromatic carbocycles. The third kappa shape index (κ3) is 1.12. The average Bonchev–Trinajstić information content (AvgIpc) is 2.61. The van der Waals surface area contributed by atoms with Gasteiger partial charge in [-0.15, -0.1) is 0 Å². The number of nitrogens with one attached hydrogen (secondary N) is 2. The Balaban J connectivity index is 2.52. The van der Waals surface area contributed by atoms with Crippen LogP contribution in [0.25, 0.3) is 10.9 Å². The molecule has 0 bridgehead atoms. The van der Waals surface area contributed by atoms with E-state index in [1.54, 1.807) is 18.5 Å². The lowest BCUT2D eigenvalue weighted by atomic mass is 10.2. The highest BCUT2D eigenvalue weighted by molar-refractivity contribution is 5.88. The number of aromatic amines is 2. The number of hydrogen-bond acceptors (Lipinski definition) is 3. The minimum atomic E-state index is -0.494. The van der Waals surface area contributed by atoms with Crippen LogP contribution in [0.1, 0.15) is 0 Å². The van der Waals surface area contributed by atoms with Crippen LogP contribution >= 0.6 is 0 Å². The molecule has 3 rings (SSSR count). The van der Waals surface area contributed by atoms with Crippen molar-refractivity contribution in [2.45, 2.75) is 0 Å². The van der Waals surface area contributed by atoms with Gasteiger partial charge < -0.3 is 4.98 Å². The van der Waals surface area contributed by atoms with Crippen LogP contribution in [-0.4, -0.2) is 16.3 Å². The first-order valence-electron chi connectivity index (χ1n) is 4.42. The number of fused-ring (bicyclic) bond motifs is 2. The van der Waals surface area contributed by atoms with Crippen molar-refractivity contribution in [2.24, 2.45) is 4.99 Å². The SMILES string of the molecule is O=c1[nH]c(=O)c2cc3c(cc2[nH]1)[NH2+]C=N3. The highest BCUT2D eigenvalue weighted by Crippen LogP contribution is 2.25. The summed E-state index contributed by atoms with van der Waals surface area (Å²) in [5, 5.41) is 2.27. The van der Waals surface area contributed by atoms with Gasteiger partial charge >= 0.3 is 5.69 Å². The molecule has 1 aliphatic rings. The molecule has 2 heterocycles. The highest BCUT2D eigenvalue weighted by atomic mass is 16.2. The fourth-order valence-corrected chi connectivity index (χ4v) is 1.66. The van der Waals surface area contributed by atoms with E-state index < -0.39 is 11.2 Å². The van der Waals surface area contributed by atoms with Crippen molar-refractivity contribution in [1.82, 2.24) is 9.97 Å². The molecule has 15 heavy (non-hydrogen) atoms. The van der Waals surface area contributed by atoms with Crippen molar-refractivity contribution in [1.29, 1.82) is 0 Å². The smallest absolute Gasteiger partial charge is 0.307 e. The van der Waals surface area contributed by atoms with Crippen LogP contribution in [0.15, 0.2) is 26.7 Å². The first kappa shape index (κ1) is 8.13. The second-order valence-corrected chi connectivity index (χ2v) is 3.31. The normalized spacial score (nSPS) is 13.3. The van der Waals surface area contributed by atoms with Crippen molar-refractivity contribution in [2.75, 3.05) is 0 Å². The molecule has 0 unspecified atom stereocenters. The number of hydrogen-bond donors (Lipinski definition) is 3. The molecule has 0 spiro atoms. The van der Waals surface area contributed by atoms with Gasteiger partial charge in [0, 0.05) is 6.07 Å². The standard InChI is InChI=1S/C9H6N4O2/c14-8-4-1-6-7(11-3-10-6)2-5(4)12-9(15)13-8/h1-3H,(H,10,11)(H2,12,13,14,15)/p+1. The molecule has 6 heteroatoms. The van der Waals surface area contributed by atoms with Crippen molar-refractivity contribution in [3.63, 3.8) is 0 Å². The van der Waals surface area contributed by atoms with E-state index in [-0.39, 0.29) is 0 Å². The Bertz CT molecular complexity index is 695. The number of quaternary nitrogens is 1. The maximum absolute atomic E-state index is 11.5. The van der Waals surface area contributed by atoms with Crippen LogP contribution in [0.4, 0.5) is 11.4 Å². The van der Waals surface area contributed by atoms with Crippen LogP contribution < -0.4 is 16.6 Å². The average molecular weight is 203 g/mol. The highest BCUT2D eigenvalue weighted by Gasteiger charge is 2.13. The first-order chi connectivity index (χ1) is 7.24. The summed E-state index contributed by atoms with van der Waals surface area (Å²) >= 11 is 0. The Morgan fingerprint density at radius 3 is 2.93 bits per heavy atom. The van der Waals surface area contributed by atoms with Crippen LogP contribution in [0.5, 0.6) is 0 Å². The van der Waals surface area contributed by atoms with E-state index in [1.165, 1.54) is 0 Å². The van der Waals surface area contributed by atoms with E-state index in [1.807, 2.05) is 5.32 Å². The molecule has 0 saturated carbocycles. The molecule has 0 radical (unpaired) electrons. The van der Waals surface area contributed by atoms with Crippen molar-refractivity contribution >= 4 is 28.6 Å². The van der Waals surface area contributed by atoms with E-state index >= 15 is 0 Å². The Morgan fingerprint density at radius 1 is 1.20 bits per heavy atom. The molecule has 0 atom stereocenters. The first-order valence-corrected chi connectivity index (χ1v) is 4.42. The summed E-state index contributed by atoms with van der Waals surface area (Å²) in [6.07, 6.45) is 1.66. The number of aliphatic imine (C=N–C) groups is 1. The summed E-state index contributed by atoms with van der Waals surface area (Å²) in [5.41, 5.74) is 1.30. The van der Waals surface area contributed by atoms with E-state index in [0.29, 0.717) is 10.9 Å². The summed E-state index contributed by atoms with van der Waals surface area (Å²) in [6.45, 7) is 0. The zero-order valence-electron chi connectivity index (χ0n) is 7.57. The Hall–Kier alpha value is -2.21. The molecule has 4 N–H and O–H groups in total. The van der Waals surface area contributed by atoms with Crippen LogP contribution in [0, 0.1) is 0 Å². The van der Waals surface area contributed by atoms with Crippen LogP contribution in [-0.2, 0) is 0 Å². The van der Waals surface area contributed by atoms with Gasteiger partial charge in [-0.2, -0.15) is 4.99 Å². The van der Waals surface area contributed by atoms with Crippen LogP contribution in [0.3, 0.4) is 0 Å². The summed E-state index contributed by atoms with van der Waals surface area (Å²) in [5.74, 6) is 0. The molecule has 2 aromatic rings. The monoisotopic (exact) mass is 203 g/mol. The van der Waals surface area contributed by atoms with Gasteiger partial charge in [-0.25, -0.2) is 4.79 Å². The predicted molar refractivity (Wildman–Crippen MR) is 54.9 cm³/mol. The molecule has 0 saturated heterocycles. The second-order valence-electron chi connectivity index (χ2n) is 3.31. The Morgan fingerprint density at radius 2 is 2.07 bits per heavy atom. The number of aromatic nitrogens is 2. The minimum absolute atomic E-state index is 0.390. The topological polar surface area (TPSA) is 94.7 Å². The fourth-order valence-electron chi connectivity index (χ4n) is 1.66. The molecule has 74 valence electrons. The Labute approximate surface area is 82.7 Å². The van der Waals surface area contributed by atoms with Gasteiger partial charge in [0.2, 0.25) is 0 Å². The Kier molecular flexibility index (Phi) is 1.43. The quantitative estimate of drug-likeness (QED) is 0.483. The lowest BCUT2D eigenvalue weighted by molar-refractivity contribution is -0.427. The predicted octanol–water partition coefficient (Wildman–Crippen LogP) is -0.915. The molecular weight excluding hydrogens is 196 g/mol. The largest absolute Gasteiger partial charge is 0.326 e. The molecule has 0 aliphatic carbocycles. The van der Waals surface area contributed by atoms with E-state index in [0.717, 1.165) is 11.4 Å². The summed E-state index contributed by atoms with van der Waals surface area (Å²) in [7, 11) is 0. The van der Waals surface area contributed by atoms with Crippen molar-refractivity contribution in [3.05, 3.63) is 33.0 Å². The molecule has 0 fully saturated rings. The number of nitrogens with zero attached hydrogens (tertiary/aromatic N) is 1. The van der Waals surface area contributed by atoms with E-state index in [9.17, 15) is 9.59 Å². The van der Waals surface area contributed by atoms with Gasteiger partial charge in [-0.1, -0.05) is 0 Å². The second kappa shape index (κ2) is 2.64. The fraction of sp³-hybridized carbons (Fsp3) is 0. The lowest BCUT2D eigenvalue weighted by Crippen LogP contribution is -2.74. The summed E-state index contributed by atoms with van der Waals surface area (Å²) in [6, 6.07) is 3.41. The summed E-state index contributed by atoms with van der Waals surface area (Å²) in [4.78, 5) is 31.4. The maximum Gasteiger partial charge on any atom is 0.326 e. The summed E-state index contributed by atoms with van der Waals surface area (Å²) < 4.78 is 0. The van der Waals surface area contributed by atoms with Gasteiger partial charge in [-0.3, -0.25) is 15.1 Å². The van der Waals surface area contributed by atoms with Crippen molar-refractivity contribution in [3.8, 4) is 0 Å². The molecule has 1 aliphatic heterocycles. The zero-order chi connectivity index (χ0) is 10.4. The van der Waals surface area contributed by atoms with Gasteiger partial charge in [0.25, 0.3) is 5.56 Å². The molecule has 6 nitrogen and oxygen atoms in total. The van der Waals surface area contributed by atoms with E-state index in [4.69, 9.17) is 0 Å². The van der Waals surface area contributed by atoms with E-state index in [2.05, 4.69) is 15.0 Å². The molecular formula is C9H7N4O2+. The lowest BCUT2D eigenvalue weighted by Gasteiger charge is -1.97. The van der Waals surface area contributed by atoms with Crippen LogP contribution in [0.2, 0.25) is 0 Å². The van der Waals surface area contributed by atoms with Gasteiger partial charge in [0.15, 0.2) is 12.0 Å². The van der Waals surface area contributed by atoms with Gasteiger partial charge in [-0.05, 0) is 6.07 Å². The maximum atomic E-state index is 11.5. The number of benzene rings is 1. The number of rotatable bonds is 0. The minimum Gasteiger partial charge on any atom is -0.307 e. The third-order valence-electron chi connectivity index (χ3n) is 2.35. The van der Waals surface area contributed by atoms with Gasteiger partial charge in [0.1, 0.15) is 5.69 Å². The third-order valence-corrected chi connectivity index (χ3v) is 2.35.